The number of nitrogens with one attached hydrogen (secondary N) is 2. The van der Waals surface area contributed by atoms with Gasteiger partial charge in [0.05, 0.1) is 5.69 Å². The number of para-hydroxylation sites is 1. The Morgan fingerprint density at radius 1 is 0.861 bits per heavy atom. The molecule has 0 unspecified atom stereocenters. The van der Waals surface area contributed by atoms with E-state index in [0.717, 1.165) is 24.6 Å². The van der Waals surface area contributed by atoms with Gasteiger partial charge in [0.1, 0.15) is 10.6 Å². The first-order valence-electron chi connectivity index (χ1n) is 11.6. The number of nitrogens with zero attached hydrogens (tertiary/aromatic N) is 1. The van der Waals surface area contributed by atoms with Crippen molar-refractivity contribution in [2.45, 2.75) is 33.6 Å². The molecule has 1 saturated heterocycles. The molecule has 3 aromatic carbocycles. The second kappa shape index (κ2) is 17.3. The van der Waals surface area contributed by atoms with E-state index in [0.29, 0.717) is 0 Å². The van der Waals surface area contributed by atoms with Crippen molar-refractivity contribution >= 4 is 60.4 Å². The minimum atomic E-state index is -1.62. The van der Waals surface area contributed by atoms with E-state index in [4.69, 9.17) is 40.0 Å². The molecule has 1 aliphatic rings. The van der Waals surface area contributed by atoms with Crippen LogP contribution in [0.4, 0.5) is 5.69 Å². The standard InChI is InChI=1S/C23H26N3P.C4H7O.3ClH.Cr/c1-23(2,3)22(25-24-19-13-7-4-8-14-19)26-27(20-15-9-5-10-16-20)21-17-11-6-12-18-21;1-2-4-5-3-1;;;;/h4-18,24H,1-3H3,(H,25,26);3H,1-2,4H2;3*1H;/q;-1;;;;+4/p-2. The Hall–Kier alpha value is -1.28. The summed E-state index contributed by atoms with van der Waals surface area (Å²) in [4.78, 5) is 0. The van der Waals surface area contributed by atoms with Crippen LogP contribution in [0.25, 0.3) is 0 Å². The van der Waals surface area contributed by atoms with Gasteiger partial charge in [-0.05, 0) is 36.4 Å². The summed E-state index contributed by atoms with van der Waals surface area (Å²) in [6.45, 7) is 9.35. The van der Waals surface area contributed by atoms with Gasteiger partial charge >= 0.3 is 41.5 Å². The molecule has 0 spiro atoms. The Kier molecular flexibility index (Phi) is 14.8. The summed E-state index contributed by atoms with van der Waals surface area (Å²) >= 11 is -1.62. The molecular weight excluding hydrogens is 572 g/mol. The normalized spacial score (nSPS) is 13.4. The van der Waals surface area contributed by atoms with Gasteiger partial charge in [-0.15, -0.1) is 0 Å². The maximum absolute atomic E-state index is 4.93. The van der Waals surface area contributed by atoms with Crippen molar-refractivity contribution in [3.63, 3.8) is 0 Å². The average Bonchev–Trinajstić information content (AvgIpc) is 3.45. The van der Waals surface area contributed by atoms with Gasteiger partial charge in [0.25, 0.3) is 0 Å². The van der Waals surface area contributed by atoms with Crippen molar-refractivity contribution in [2.24, 2.45) is 10.5 Å². The van der Waals surface area contributed by atoms with Crippen LogP contribution >= 0.6 is 38.2 Å². The van der Waals surface area contributed by atoms with E-state index in [9.17, 15) is 0 Å². The predicted molar refractivity (Wildman–Crippen MR) is 158 cm³/mol. The topological polar surface area (TPSA) is 45.7 Å². The average molecular weight is 606 g/mol. The summed E-state index contributed by atoms with van der Waals surface area (Å²) in [6, 6.07) is 31.3. The quantitative estimate of drug-likeness (QED) is 0.102. The van der Waals surface area contributed by atoms with E-state index in [1.165, 1.54) is 17.0 Å². The molecular formula is C27H34Cl3CrN3OP+. The molecule has 0 bridgehead atoms. The molecule has 3 aromatic rings. The number of halogens is 3. The summed E-state index contributed by atoms with van der Waals surface area (Å²) < 4.78 is 4.82. The predicted octanol–water partition coefficient (Wildman–Crippen LogP) is 7.85. The van der Waals surface area contributed by atoms with Crippen LogP contribution < -0.4 is 21.1 Å². The van der Waals surface area contributed by atoms with Crippen LogP contribution in [-0.4, -0.2) is 12.4 Å². The number of anilines is 1. The second-order valence-electron chi connectivity index (χ2n) is 8.77. The van der Waals surface area contributed by atoms with E-state index in [2.05, 4.69) is 91.9 Å². The number of rotatable bonds is 5. The monoisotopic (exact) mass is 604 g/mol. The Morgan fingerprint density at radius 2 is 1.33 bits per heavy atom. The van der Waals surface area contributed by atoms with Gasteiger partial charge < -0.3 is 4.74 Å². The molecule has 0 saturated carbocycles. The van der Waals surface area contributed by atoms with Crippen molar-refractivity contribution in [3.8, 4) is 0 Å². The van der Waals surface area contributed by atoms with Crippen LogP contribution in [0.15, 0.2) is 96.1 Å². The van der Waals surface area contributed by atoms with Gasteiger partial charge in [-0.1, -0.05) is 81.8 Å². The van der Waals surface area contributed by atoms with Crippen LogP contribution in [-0.2, 0) is 16.1 Å². The molecule has 0 amide bonds. The van der Waals surface area contributed by atoms with E-state index < -0.39 is 19.5 Å². The first-order chi connectivity index (χ1) is 17.3. The Bertz CT molecular complexity index is 953. The summed E-state index contributed by atoms with van der Waals surface area (Å²) in [5.41, 5.74) is 4.07. The molecule has 0 aromatic heterocycles. The van der Waals surface area contributed by atoms with E-state index in [-0.39, 0.29) is 5.41 Å². The Balaban J connectivity index is 0.000000429. The molecule has 1 fully saturated rings. The molecule has 2 N–H and O–H groups in total. The van der Waals surface area contributed by atoms with Crippen LogP contribution in [0.2, 0.25) is 0 Å². The number of ether oxygens (including phenoxy) is 1. The minimum absolute atomic E-state index is 0.110. The van der Waals surface area contributed by atoms with E-state index >= 15 is 0 Å². The summed E-state index contributed by atoms with van der Waals surface area (Å²) in [6.07, 6.45) is 2.38. The molecule has 36 heavy (non-hydrogen) atoms. The molecule has 9 heteroatoms. The molecule has 0 aliphatic carbocycles. The van der Waals surface area contributed by atoms with Crippen LogP contribution in [0.1, 0.15) is 33.6 Å². The fourth-order valence-corrected chi connectivity index (χ4v) is 5.41. The molecule has 0 atom stereocenters. The van der Waals surface area contributed by atoms with Crippen molar-refractivity contribution in [3.05, 3.63) is 97.6 Å². The zero-order valence-corrected chi connectivity index (χ0v) is 25.3. The number of benzene rings is 3. The van der Waals surface area contributed by atoms with Crippen LogP contribution in [0.3, 0.4) is 0 Å². The van der Waals surface area contributed by atoms with Crippen molar-refractivity contribution in [2.75, 3.05) is 12.0 Å². The fraction of sp³-hybridized carbons (Fsp3) is 0.259. The molecule has 1 heterocycles. The number of hydrogen-bond acceptors (Lipinski definition) is 3. The Labute approximate surface area is 234 Å². The SMILES string of the molecule is CC(C)(C)C(=NNc1ccccc1)N[PH+](c1ccccc1)c1ccccc1.[CH-]1CCCO1.[Cl][Cr+]([Cl])[Cl]. The van der Waals surface area contributed by atoms with Crippen molar-refractivity contribution in [1.29, 1.82) is 0 Å². The molecule has 194 valence electrons. The zero-order chi connectivity index (χ0) is 26.2. The zero-order valence-electron chi connectivity index (χ0n) is 20.8. The molecule has 4 nitrogen and oxygen atoms in total. The fourth-order valence-electron chi connectivity index (χ4n) is 3.07. The molecule has 1 aliphatic heterocycles. The first kappa shape index (κ1) is 30.9. The first-order valence-corrected chi connectivity index (χ1v) is 18.3. The summed E-state index contributed by atoms with van der Waals surface area (Å²) in [5, 5.41) is 11.1. The van der Waals surface area contributed by atoms with Gasteiger partial charge in [0.2, 0.25) is 0 Å². The third-order valence-corrected chi connectivity index (χ3v) is 7.16. The van der Waals surface area contributed by atoms with Gasteiger partial charge in [0, 0.05) is 12.0 Å². The van der Waals surface area contributed by atoms with Gasteiger partial charge in [-0.2, -0.15) is 11.5 Å². The second-order valence-corrected chi connectivity index (χ2v) is 17.2. The Morgan fingerprint density at radius 3 is 1.69 bits per heavy atom. The number of hydrogen-bond donors (Lipinski definition) is 2. The summed E-state index contributed by atoms with van der Waals surface area (Å²) in [5.74, 6) is 0.952. The molecule has 0 radical (unpaired) electrons. The molecule has 4 rings (SSSR count). The van der Waals surface area contributed by atoms with Gasteiger partial charge in [-0.3, -0.25) is 5.43 Å². The maximum atomic E-state index is 4.93. The van der Waals surface area contributed by atoms with Crippen molar-refractivity contribution < 1.29 is 16.1 Å². The summed E-state index contributed by atoms with van der Waals surface area (Å²) in [7, 11) is 13.6. The van der Waals surface area contributed by atoms with Gasteiger partial charge in [-0.25, -0.2) is 11.7 Å². The van der Waals surface area contributed by atoms with E-state index in [1.54, 1.807) is 0 Å². The van der Waals surface area contributed by atoms with Gasteiger partial charge in [0.15, 0.2) is 13.9 Å². The van der Waals surface area contributed by atoms with Crippen LogP contribution in [0.5, 0.6) is 0 Å². The third kappa shape index (κ3) is 12.8. The third-order valence-electron chi connectivity index (χ3n) is 4.85. The number of amidine groups is 1. The van der Waals surface area contributed by atoms with Crippen molar-refractivity contribution in [1.82, 2.24) is 5.09 Å². The van der Waals surface area contributed by atoms with E-state index in [1.807, 2.05) is 36.9 Å². The number of hydrazone groups is 1. The van der Waals surface area contributed by atoms with Crippen LogP contribution in [0, 0.1) is 12.0 Å².